The predicted octanol–water partition coefficient (Wildman–Crippen LogP) is 3.34. The van der Waals surface area contributed by atoms with Gasteiger partial charge in [0.1, 0.15) is 17.7 Å². The van der Waals surface area contributed by atoms with E-state index in [1.165, 1.54) is 12.1 Å². The molecule has 148 valence electrons. The Morgan fingerprint density at radius 2 is 2.04 bits per heavy atom. The van der Waals surface area contributed by atoms with Crippen LogP contribution >= 0.6 is 0 Å². The minimum atomic E-state index is -0.965. The van der Waals surface area contributed by atoms with E-state index in [2.05, 4.69) is 46.4 Å². The molecule has 0 aliphatic carbocycles. The van der Waals surface area contributed by atoms with Gasteiger partial charge in [0.15, 0.2) is 11.5 Å². The van der Waals surface area contributed by atoms with Gasteiger partial charge in [0.25, 0.3) is 0 Å². The Labute approximate surface area is 162 Å². The van der Waals surface area contributed by atoms with Crippen molar-refractivity contribution in [1.29, 1.82) is 0 Å². The molecule has 0 spiro atoms. The second-order valence-corrected chi connectivity index (χ2v) is 8.18. The summed E-state index contributed by atoms with van der Waals surface area (Å²) >= 11 is 0. The second kappa shape index (κ2) is 7.09. The fourth-order valence-electron chi connectivity index (χ4n) is 3.31. The maximum absolute atomic E-state index is 14.6. The lowest BCUT2D eigenvalue weighted by Crippen LogP contribution is -2.46. The van der Waals surface area contributed by atoms with Crippen molar-refractivity contribution in [2.75, 3.05) is 18.4 Å². The average Bonchev–Trinajstić information content (AvgIpc) is 3.07. The summed E-state index contributed by atoms with van der Waals surface area (Å²) in [5.41, 5.74) is 2.02. The molecular weight excluding hydrogens is 362 g/mol. The van der Waals surface area contributed by atoms with Gasteiger partial charge in [-0.05, 0) is 25.1 Å². The van der Waals surface area contributed by atoms with Crippen LogP contribution in [0.1, 0.15) is 32.9 Å². The average molecular weight is 386 g/mol. The second-order valence-electron chi connectivity index (χ2n) is 8.18. The first-order chi connectivity index (χ1) is 13.3. The lowest BCUT2D eigenvalue weighted by Gasteiger charge is -2.28. The third kappa shape index (κ3) is 3.56. The number of rotatable bonds is 3. The molecule has 2 atom stereocenters. The summed E-state index contributed by atoms with van der Waals surface area (Å²) in [6.07, 6.45) is 4.60. The number of aromatic nitrogens is 4. The van der Waals surface area contributed by atoms with Gasteiger partial charge in [0.2, 0.25) is 0 Å². The zero-order chi connectivity index (χ0) is 19.9. The Balaban J connectivity index is 1.72. The minimum Gasteiger partial charge on any atom is -0.363 e. The molecule has 4 heterocycles. The zero-order valence-electron chi connectivity index (χ0n) is 16.2. The quantitative estimate of drug-likeness (QED) is 0.723. The topological polar surface area (TPSA) is 67.1 Å². The van der Waals surface area contributed by atoms with E-state index in [-0.39, 0.29) is 11.1 Å². The van der Waals surface area contributed by atoms with Crippen LogP contribution in [0.2, 0.25) is 0 Å². The molecule has 6 nitrogen and oxygen atoms in total. The van der Waals surface area contributed by atoms with Crippen LogP contribution in [0.25, 0.3) is 17.0 Å². The van der Waals surface area contributed by atoms with E-state index in [9.17, 15) is 8.78 Å². The fraction of sp³-hybridized carbons (Fsp3) is 0.450. The van der Waals surface area contributed by atoms with Crippen molar-refractivity contribution < 1.29 is 8.78 Å². The lowest BCUT2D eigenvalue weighted by molar-refractivity contribution is 0.241. The van der Waals surface area contributed by atoms with E-state index in [4.69, 9.17) is 0 Å². The third-order valence-electron chi connectivity index (χ3n) is 4.98. The van der Waals surface area contributed by atoms with Crippen LogP contribution in [0.5, 0.6) is 0 Å². The van der Waals surface area contributed by atoms with Crippen LogP contribution in [0.4, 0.5) is 14.6 Å². The molecule has 0 saturated carbocycles. The smallest absolute Gasteiger partial charge is 0.155 e. The van der Waals surface area contributed by atoms with Crippen molar-refractivity contribution in [3.05, 3.63) is 42.2 Å². The summed E-state index contributed by atoms with van der Waals surface area (Å²) in [5, 5.41) is 6.24. The molecule has 3 aromatic rings. The van der Waals surface area contributed by atoms with Gasteiger partial charge in [-0.25, -0.2) is 18.7 Å². The summed E-state index contributed by atoms with van der Waals surface area (Å²) in [6.45, 7) is 7.35. The molecule has 3 aromatic heterocycles. The summed E-state index contributed by atoms with van der Waals surface area (Å²) in [5.74, 6) is -0.0205. The number of nitrogens with one attached hydrogen (secondary N) is 2. The van der Waals surface area contributed by atoms with E-state index < -0.39 is 18.0 Å². The van der Waals surface area contributed by atoms with Crippen molar-refractivity contribution in [3.8, 4) is 11.4 Å². The first-order valence-corrected chi connectivity index (χ1v) is 9.45. The molecule has 0 aromatic carbocycles. The highest BCUT2D eigenvalue weighted by molar-refractivity contribution is 5.62. The number of imidazole rings is 1. The molecule has 1 aliphatic heterocycles. The molecule has 0 radical (unpaired) electrons. The SMILES string of the molecule is CC(C)(C)c1cn2c(-c3nc(NC4CNCCC4F)ccc3F)cnc2cn1. The highest BCUT2D eigenvalue weighted by Gasteiger charge is 2.25. The van der Waals surface area contributed by atoms with Crippen molar-refractivity contribution in [1.82, 2.24) is 24.7 Å². The number of alkyl halides is 1. The fourth-order valence-corrected chi connectivity index (χ4v) is 3.31. The maximum Gasteiger partial charge on any atom is 0.155 e. The number of piperidine rings is 1. The van der Waals surface area contributed by atoms with Gasteiger partial charge in [-0.2, -0.15) is 0 Å². The standard InChI is InChI=1S/C20H24F2N6/c1-20(2,3)16-11-28-15(9-25-18(28)10-24-16)19-13(22)4-5-17(27-19)26-14-8-23-7-6-12(14)21/h4-5,9-12,14,23H,6-8H2,1-3H3,(H,26,27). The van der Waals surface area contributed by atoms with Crippen LogP contribution in [0.15, 0.2) is 30.7 Å². The maximum atomic E-state index is 14.6. The molecule has 1 fully saturated rings. The largest absolute Gasteiger partial charge is 0.363 e. The van der Waals surface area contributed by atoms with Crippen LogP contribution < -0.4 is 10.6 Å². The third-order valence-corrected chi connectivity index (χ3v) is 4.98. The Hall–Kier alpha value is -2.61. The lowest BCUT2D eigenvalue weighted by atomic mass is 9.93. The van der Waals surface area contributed by atoms with Gasteiger partial charge in [-0.1, -0.05) is 20.8 Å². The summed E-state index contributed by atoms with van der Waals surface area (Å²) in [4.78, 5) is 13.2. The zero-order valence-corrected chi connectivity index (χ0v) is 16.2. The van der Waals surface area contributed by atoms with Crippen molar-refractivity contribution in [3.63, 3.8) is 0 Å². The highest BCUT2D eigenvalue weighted by atomic mass is 19.1. The van der Waals surface area contributed by atoms with Gasteiger partial charge in [0.05, 0.1) is 29.8 Å². The van der Waals surface area contributed by atoms with E-state index in [0.29, 0.717) is 36.7 Å². The molecule has 4 rings (SSSR count). The molecule has 2 unspecified atom stereocenters. The van der Waals surface area contributed by atoms with Crippen LogP contribution in [0, 0.1) is 5.82 Å². The molecule has 8 heteroatoms. The molecule has 28 heavy (non-hydrogen) atoms. The monoisotopic (exact) mass is 386 g/mol. The Kier molecular flexibility index (Phi) is 4.74. The van der Waals surface area contributed by atoms with Gasteiger partial charge in [-0.15, -0.1) is 0 Å². The number of nitrogens with zero attached hydrogens (tertiary/aromatic N) is 4. The van der Waals surface area contributed by atoms with Crippen molar-refractivity contribution in [2.45, 2.75) is 44.8 Å². The minimum absolute atomic E-state index is 0.158. The van der Waals surface area contributed by atoms with Crippen LogP contribution in [0.3, 0.4) is 0 Å². The molecule has 1 aliphatic rings. The molecule has 2 N–H and O–H groups in total. The number of halogens is 2. The normalized spacial score (nSPS) is 20.5. The van der Waals surface area contributed by atoms with E-state index in [0.717, 1.165) is 5.69 Å². The first-order valence-electron chi connectivity index (χ1n) is 9.45. The van der Waals surface area contributed by atoms with Crippen molar-refractivity contribution >= 4 is 11.5 Å². The predicted molar refractivity (Wildman–Crippen MR) is 105 cm³/mol. The number of fused-ring (bicyclic) bond motifs is 1. The van der Waals surface area contributed by atoms with Gasteiger partial charge in [0, 0.05) is 18.2 Å². The first kappa shape index (κ1) is 18.7. The number of anilines is 1. The summed E-state index contributed by atoms with van der Waals surface area (Å²) < 4.78 is 30.5. The summed E-state index contributed by atoms with van der Waals surface area (Å²) in [7, 11) is 0. The van der Waals surface area contributed by atoms with Gasteiger partial charge >= 0.3 is 0 Å². The van der Waals surface area contributed by atoms with Crippen LogP contribution in [-0.4, -0.2) is 44.7 Å². The van der Waals surface area contributed by atoms with E-state index >= 15 is 0 Å². The molecule has 0 bridgehead atoms. The van der Waals surface area contributed by atoms with E-state index in [1.807, 2.05) is 6.20 Å². The molecule has 1 saturated heterocycles. The number of hydrogen-bond acceptors (Lipinski definition) is 5. The summed E-state index contributed by atoms with van der Waals surface area (Å²) in [6, 6.07) is 2.49. The number of hydrogen-bond donors (Lipinski definition) is 2. The Bertz CT molecular complexity index is 994. The number of pyridine rings is 1. The van der Waals surface area contributed by atoms with Crippen LogP contribution in [-0.2, 0) is 5.41 Å². The van der Waals surface area contributed by atoms with Gasteiger partial charge < -0.3 is 10.6 Å². The highest BCUT2D eigenvalue weighted by Crippen LogP contribution is 2.26. The molecular formula is C20H24F2N6. The Morgan fingerprint density at radius 1 is 1.21 bits per heavy atom. The Morgan fingerprint density at radius 3 is 2.79 bits per heavy atom. The van der Waals surface area contributed by atoms with Gasteiger partial charge in [-0.3, -0.25) is 9.38 Å². The van der Waals surface area contributed by atoms with E-state index in [1.54, 1.807) is 16.8 Å². The van der Waals surface area contributed by atoms with Crippen molar-refractivity contribution in [2.24, 2.45) is 0 Å². The molecule has 0 amide bonds.